The highest BCUT2D eigenvalue weighted by atomic mass is 79.9. The number of amides is 1. The van der Waals surface area contributed by atoms with Crippen LogP contribution in [-0.4, -0.2) is 49.0 Å². The summed E-state index contributed by atoms with van der Waals surface area (Å²) in [6.07, 6.45) is 4.14. The lowest BCUT2D eigenvalue weighted by Gasteiger charge is -2.33. The molecule has 2 aliphatic rings. The molecule has 1 aliphatic carbocycles. The van der Waals surface area contributed by atoms with E-state index in [1.165, 1.54) is 4.31 Å². The van der Waals surface area contributed by atoms with E-state index in [0.717, 1.165) is 19.3 Å². The van der Waals surface area contributed by atoms with Gasteiger partial charge in [0.1, 0.15) is 0 Å². The second-order valence-electron chi connectivity index (χ2n) is 7.19. The van der Waals surface area contributed by atoms with Gasteiger partial charge in [-0.05, 0) is 56.7 Å². The van der Waals surface area contributed by atoms with Gasteiger partial charge in [-0.25, -0.2) is 8.42 Å². The molecule has 1 aromatic carbocycles. The number of hydrogen-bond donors (Lipinski definition) is 2. The fourth-order valence-corrected chi connectivity index (χ4v) is 5.89. The van der Waals surface area contributed by atoms with E-state index < -0.39 is 10.0 Å². The summed E-state index contributed by atoms with van der Waals surface area (Å²) in [5, 5.41) is 12.8. The highest BCUT2D eigenvalue weighted by Crippen LogP contribution is 2.26. The first-order valence-corrected chi connectivity index (χ1v) is 11.3. The number of hydrogen-bond acceptors (Lipinski definition) is 4. The summed E-state index contributed by atoms with van der Waals surface area (Å²) in [5.41, 5.74) is 0. The molecule has 2 fully saturated rings. The quantitative estimate of drug-likeness (QED) is 0.745. The molecule has 0 spiro atoms. The van der Waals surface area contributed by atoms with Crippen LogP contribution in [0.15, 0.2) is 33.6 Å². The van der Waals surface area contributed by atoms with Crippen molar-refractivity contribution in [2.75, 3.05) is 13.1 Å². The van der Waals surface area contributed by atoms with Crippen molar-refractivity contribution in [2.24, 2.45) is 5.92 Å². The van der Waals surface area contributed by atoms with E-state index in [0.29, 0.717) is 30.3 Å². The van der Waals surface area contributed by atoms with Crippen LogP contribution in [0, 0.1) is 5.92 Å². The number of sulfonamides is 1. The smallest absolute Gasteiger partial charge is 0.243 e. The minimum atomic E-state index is -3.61. The SMILES string of the molecule is O=C(NC1CCCC(O)C1)C1CCCN(S(=O)(=O)c2cccc(Br)c2)C1. The summed E-state index contributed by atoms with van der Waals surface area (Å²) in [6, 6.07) is 6.63. The van der Waals surface area contributed by atoms with Crippen molar-refractivity contribution in [2.45, 2.75) is 55.6 Å². The van der Waals surface area contributed by atoms with Crippen LogP contribution in [-0.2, 0) is 14.8 Å². The molecule has 3 rings (SSSR count). The molecule has 1 aliphatic heterocycles. The maximum Gasteiger partial charge on any atom is 0.243 e. The molecule has 0 radical (unpaired) electrons. The topological polar surface area (TPSA) is 86.7 Å². The number of carbonyl (C=O) groups excluding carboxylic acids is 1. The monoisotopic (exact) mass is 444 g/mol. The van der Waals surface area contributed by atoms with Crippen LogP contribution in [0.3, 0.4) is 0 Å². The second kappa shape index (κ2) is 8.37. The van der Waals surface area contributed by atoms with Gasteiger partial charge < -0.3 is 10.4 Å². The van der Waals surface area contributed by atoms with Crippen LogP contribution in [0.5, 0.6) is 0 Å². The Labute approximate surface area is 163 Å². The Balaban J connectivity index is 1.66. The lowest BCUT2D eigenvalue weighted by molar-refractivity contribution is -0.127. The van der Waals surface area contributed by atoms with E-state index in [1.54, 1.807) is 24.3 Å². The largest absolute Gasteiger partial charge is 0.393 e. The first kappa shape index (κ1) is 19.8. The van der Waals surface area contributed by atoms with Gasteiger partial charge in [-0.1, -0.05) is 22.0 Å². The lowest BCUT2D eigenvalue weighted by Crippen LogP contribution is -2.48. The fraction of sp³-hybridized carbons (Fsp3) is 0.611. The van der Waals surface area contributed by atoms with E-state index in [9.17, 15) is 18.3 Å². The minimum Gasteiger partial charge on any atom is -0.393 e. The summed E-state index contributed by atoms with van der Waals surface area (Å²) in [5.74, 6) is -0.442. The van der Waals surface area contributed by atoms with Crippen molar-refractivity contribution in [3.05, 3.63) is 28.7 Å². The van der Waals surface area contributed by atoms with Gasteiger partial charge in [0.05, 0.1) is 16.9 Å². The molecule has 2 N–H and O–H groups in total. The van der Waals surface area contributed by atoms with Crippen LogP contribution in [0.4, 0.5) is 0 Å². The van der Waals surface area contributed by atoms with E-state index in [-0.39, 0.29) is 35.4 Å². The normalized spacial score (nSPS) is 27.8. The molecule has 3 unspecified atom stereocenters. The van der Waals surface area contributed by atoms with Crippen LogP contribution in [0.2, 0.25) is 0 Å². The molecular formula is C18H25BrN2O4S. The van der Waals surface area contributed by atoms with Crippen molar-refractivity contribution in [1.29, 1.82) is 0 Å². The Morgan fingerprint density at radius 1 is 1.23 bits per heavy atom. The Morgan fingerprint density at radius 2 is 2.04 bits per heavy atom. The number of nitrogens with one attached hydrogen (secondary N) is 1. The molecular weight excluding hydrogens is 420 g/mol. The molecule has 1 saturated heterocycles. The van der Waals surface area contributed by atoms with Gasteiger partial charge in [0.2, 0.25) is 15.9 Å². The van der Waals surface area contributed by atoms with Crippen molar-refractivity contribution in [3.63, 3.8) is 0 Å². The molecule has 26 heavy (non-hydrogen) atoms. The number of benzene rings is 1. The number of piperidine rings is 1. The average Bonchev–Trinajstić information content (AvgIpc) is 2.62. The summed E-state index contributed by atoms with van der Waals surface area (Å²) in [7, 11) is -3.61. The summed E-state index contributed by atoms with van der Waals surface area (Å²) in [4.78, 5) is 12.9. The van der Waals surface area contributed by atoms with Gasteiger partial charge in [-0.2, -0.15) is 4.31 Å². The zero-order chi connectivity index (χ0) is 18.7. The Morgan fingerprint density at radius 3 is 2.77 bits per heavy atom. The first-order valence-electron chi connectivity index (χ1n) is 9.10. The van der Waals surface area contributed by atoms with Crippen LogP contribution in [0.1, 0.15) is 38.5 Å². The summed E-state index contributed by atoms with van der Waals surface area (Å²) < 4.78 is 27.9. The molecule has 3 atom stereocenters. The molecule has 0 bridgehead atoms. The van der Waals surface area contributed by atoms with Crippen LogP contribution in [0.25, 0.3) is 0 Å². The standard InChI is InChI=1S/C18H25BrN2O4S/c19-14-5-1-8-17(10-14)26(24,25)21-9-3-4-13(12-21)18(23)20-15-6-2-7-16(22)11-15/h1,5,8,10,13,15-16,22H,2-4,6-7,9,11-12H2,(H,20,23). The van der Waals surface area contributed by atoms with Crippen LogP contribution >= 0.6 is 15.9 Å². The number of halogens is 1. The molecule has 144 valence electrons. The maximum absolute atomic E-state index is 12.9. The molecule has 6 nitrogen and oxygen atoms in total. The van der Waals surface area contributed by atoms with Crippen molar-refractivity contribution in [1.82, 2.24) is 9.62 Å². The summed E-state index contributed by atoms with van der Waals surface area (Å²) >= 11 is 3.31. The highest BCUT2D eigenvalue weighted by Gasteiger charge is 2.34. The van der Waals surface area contributed by atoms with Gasteiger partial charge in [0, 0.05) is 23.6 Å². The highest BCUT2D eigenvalue weighted by molar-refractivity contribution is 9.10. The number of aliphatic hydroxyl groups excluding tert-OH is 1. The van der Waals surface area contributed by atoms with Crippen molar-refractivity contribution in [3.8, 4) is 0 Å². The lowest BCUT2D eigenvalue weighted by atomic mass is 9.91. The zero-order valence-corrected chi connectivity index (χ0v) is 17.0. The van der Waals surface area contributed by atoms with Crippen LogP contribution < -0.4 is 5.32 Å². The zero-order valence-electron chi connectivity index (χ0n) is 14.6. The summed E-state index contributed by atoms with van der Waals surface area (Å²) in [6.45, 7) is 0.636. The van der Waals surface area contributed by atoms with Gasteiger partial charge in [0.25, 0.3) is 0 Å². The molecule has 1 saturated carbocycles. The third-order valence-electron chi connectivity index (χ3n) is 5.18. The van der Waals surface area contributed by atoms with Gasteiger partial charge in [-0.15, -0.1) is 0 Å². The minimum absolute atomic E-state index is 0.0108. The Hall–Kier alpha value is -0.960. The maximum atomic E-state index is 12.9. The Kier molecular flexibility index (Phi) is 6.37. The van der Waals surface area contributed by atoms with Gasteiger partial charge in [0.15, 0.2) is 0 Å². The Bertz CT molecular complexity index is 755. The molecule has 1 heterocycles. The average molecular weight is 445 g/mol. The van der Waals surface area contributed by atoms with Gasteiger partial charge in [-0.3, -0.25) is 4.79 Å². The van der Waals surface area contributed by atoms with E-state index in [4.69, 9.17) is 0 Å². The number of nitrogens with zero attached hydrogens (tertiary/aromatic N) is 1. The molecule has 0 aromatic heterocycles. The second-order valence-corrected chi connectivity index (χ2v) is 10.0. The predicted octanol–water partition coefficient (Wildman–Crippen LogP) is 2.27. The fourth-order valence-electron chi connectivity index (χ4n) is 3.77. The van der Waals surface area contributed by atoms with Crippen molar-refractivity contribution < 1.29 is 18.3 Å². The number of aliphatic hydroxyl groups is 1. The number of rotatable bonds is 4. The third kappa shape index (κ3) is 4.65. The van der Waals surface area contributed by atoms with E-state index in [1.807, 2.05) is 0 Å². The molecule has 8 heteroatoms. The van der Waals surface area contributed by atoms with Gasteiger partial charge >= 0.3 is 0 Å². The molecule has 1 aromatic rings. The number of carbonyl (C=O) groups is 1. The first-order chi connectivity index (χ1) is 12.4. The molecule has 1 amide bonds. The van der Waals surface area contributed by atoms with E-state index in [2.05, 4.69) is 21.2 Å². The predicted molar refractivity (Wildman–Crippen MR) is 102 cm³/mol. The van der Waals surface area contributed by atoms with Crippen molar-refractivity contribution >= 4 is 31.9 Å². The van der Waals surface area contributed by atoms with E-state index >= 15 is 0 Å². The third-order valence-corrected chi connectivity index (χ3v) is 7.54.